The van der Waals surface area contributed by atoms with Gasteiger partial charge in [0.15, 0.2) is 52.7 Å². The van der Waals surface area contributed by atoms with E-state index in [1.807, 2.05) is 0 Å². The molecule has 60 heavy (non-hydrogen) atoms. The minimum Gasteiger partial charge on any atom is -0.504 e. The number of phenols is 4. The van der Waals surface area contributed by atoms with Gasteiger partial charge in [0.2, 0.25) is 23.2 Å². The molecule has 3 heterocycles. The number of aliphatic hydroxyl groups is 6. The van der Waals surface area contributed by atoms with Gasteiger partial charge in [0.25, 0.3) is 0 Å². The number of carbonyl (C=O) groups excluding carboxylic acids is 1. The molecule has 0 spiro atoms. The predicted octanol–water partition coefficient (Wildman–Crippen LogP) is -0.425. The maximum atomic E-state index is 14.1. The van der Waals surface area contributed by atoms with Gasteiger partial charge in [-0.25, -0.2) is 4.79 Å². The lowest BCUT2D eigenvalue weighted by Gasteiger charge is -2.43. The fourth-order valence-corrected chi connectivity index (χ4v) is 6.51. The first-order valence-electron chi connectivity index (χ1n) is 17.9. The molecule has 1 aromatic heterocycles. The summed E-state index contributed by atoms with van der Waals surface area (Å²) in [5.74, 6) is -4.55. The molecule has 0 saturated carbocycles. The van der Waals surface area contributed by atoms with Gasteiger partial charge in [-0.15, -0.1) is 0 Å². The van der Waals surface area contributed by atoms with Crippen LogP contribution in [0.3, 0.4) is 0 Å². The number of phenolic OH excluding ortho intramolecular Hbond substituents is 4. The monoisotopic (exact) mass is 846 g/mol. The number of hydrogen-bond acceptors (Lipinski definition) is 21. The van der Waals surface area contributed by atoms with Gasteiger partial charge < -0.3 is 93.4 Å². The highest BCUT2D eigenvalue weighted by Gasteiger charge is 2.50. The van der Waals surface area contributed by atoms with E-state index in [0.29, 0.717) is 5.56 Å². The molecule has 10 atom stereocenters. The largest absolute Gasteiger partial charge is 0.504 e. The molecule has 2 aliphatic rings. The molecule has 6 rings (SSSR count). The molecule has 10 N–H and O–H groups in total. The van der Waals surface area contributed by atoms with Gasteiger partial charge in [0.05, 0.1) is 34.5 Å². The van der Waals surface area contributed by atoms with Crippen LogP contribution in [-0.4, -0.2) is 153 Å². The minimum atomic E-state index is -2.08. The van der Waals surface area contributed by atoms with Gasteiger partial charge in [-0.2, -0.15) is 0 Å². The molecule has 21 heteroatoms. The summed E-state index contributed by atoms with van der Waals surface area (Å²) in [5, 5.41) is 105. The highest BCUT2D eigenvalue weighted by atomic mass is 16.7. The number of methoxy groups -OCH3 is 3. The standard InChI is InChI=1S/C39H42O21/c1-52-20-10-15(4-7-17(20)41)5-9-25(44)59-37-32(50)27(45)23(13-40)57-39(37)55-14-24-28(46)31(49)33(51)38(58-24)60-36-30(48)26-22(12-19(43)35(54-3)29(26)47)56-34(36)16-6-8-18(42)21(11-16)53-2/h4-12,23-24,27-28,31-33,37-43,45-47,49-51H,13-14H2,1-3H3/t23-,24-,27-,28-,31+,32+,33-,37-,38+,39-/m1/s1. The van der Waals surface area contributed by atoms with Crippen LogP contribution < -0.4 is 24.4 Å². The maximum Gasteiger partial charge on any atom is 0.331 e. The van der Waals surface area contributed by atoms with Crippen LogP contribution in [0.5, 0.6) is 46.0 Å². The fraction of sp³-hybridized carbons (Fsp3) is 0.385. The molecule has 0 radical (unpaired) electrons. The number of aliphatic hydroxyl groups excluding tert-OH is 6. The van der Waals surface area contributed by atoms with Crippen molar-refractivity contribution in [2.45, 2.75) is 61.4 Å². The summed E-state index contributed by atoms with van der Waals surface area (Å²) in [6.45, 7) is -1.60. The number of fused-ring (bicyclic) bond motifs is 1. The van der Waals surface area contributed by atoms with E-state index in [9.17, 15) is 60.7 Å². The van der Waals surface area contributed by atoms with Crippen LogP contribution in [0.25, 0.3) is 28.4 Å². The number of esters is 1. The second-order valence-corrected chi connectivity index (χ2v) is 13.5. The van der Waals surface area contributed by atoms with Crippen LogP contribution in [0.4, 0.5) is 0 Å². The topological polar surface area (TPSA) is 323 Å². The Balaban J connectivity index is 1.28. The molecule has 0 aliphatic carbocycles. The highest BCUT2D eigenvalue weighted by Crippen LogP contribution is 2.44. The third kappa shape index (κ3) is 8.56. The first kappa shape index (κ1) is 43.7. The summed E-state index contributed by atoms with van der Waals surface area (Å²) >= 11 is 0. The van der Waals surface area contributed by atoms with Gasteiger partial charge in [-0.1, -0.05) is 6.07 Å². The van der Waals surface area contributed by atoms with Crippen LogP contribution in [0.2, 0.25) is 0 Å². The van der Waals surface area contributed by atoms with E-state index in [1.54, 1.807) is 0 Å². The van der Waals surface area contributed by atoms with Crippen LogP contribution in [0.1, 0.15) is 5.56 Å². The molecule has 3 aromatic carbocycles. The van der Waals surface area contributed by atoms with Crippen molar-refractivity contribution in [3.8, 4) is 57.3 Å². The number of benzene rings is 3. The third-order valence-electron chi connectivity index (χ3n) is 9.72. The van der Waals surface area contributed by atoms with Crippen molar-refractivity contribution in [1.82, 2.24) is 0 Å². The Morgan fingerprint density at radius 2 is 1.38 bits per heavy atom. The van der Waals surface area contributed by atoms with Crippen molar-refractivity contribution in [2.24, 2.45) is 0 Å². The van der Waals surface area contributed by atoms with E-state index in [-0.39, 0.29) is 34.1 Å². The Morgan fingerprint density at radius 1 is 0.733 bits per heavy atom. The van der Waals surface area contributed by atoms with E-state index in [1.165, 1.54) is 56.7 Å². The Bertz CT molecular complexity index is 2270. The van der Waals surface area contributed by atoms with Gasteiger partial charge in [0, 0.05) is 17.7 Å². The lowest BCUT2D eigenvalue weighted by atomic mass is 9.98. The third-order valence-corrected chi connectivity index (χ3v) is 9.72. The van der Waals surface area contributed by atoms with Gasteiger partial charge in [0.1, 0.15) is 53.7 Å². The van der Waals surface area contributed by atoms with Crippen molar-refractivity contribution in [2.75, 3.05) is 34.5 Å². The molecule has 2 saturated heterocycles. The van der Waals surface area contributed by atoms with E-state index in [4.69, 9.17) is 42.3 Å². The SMILES string of the molecule is COc1cc(C=CC(=O)O[C@H]2[C@H](OC[C@H]3O[C@@H](Oc4c(-c5ccc(O)c(OC)c5)oc5cc(O)c(OC)c(O)c5c4=O)[C@H](O)[C@@H](O)[C@@H]3O)O[C@H](CO)[C@@H](O)[C@@H]2O)ccc1O. The van der Waals surface area contributed by atoms with E-state index in [0.717, 1.165) is 19.3 Å². The maximum absolute atomic E-state index is 14.1. The normalized spacial score (nSPS) is 26.8. The molecule has 0 unspecified atom stereocenters. The smallest absolute Gasteiger partial charge is 0.331 e. The number of ether oxygens (including phenoxy) is 8. The van der Waals surface area contributed by atoms with Gasteiger partial charge in [-0.3, -0.25) is 4.79 Å². The summed E-state index contributed by atoms with van der Waals surface area (Å²) < 4.78 is 49.5. The molecule has 0 amide bonds. The summed E-state index contributed by atoms with van der Waals surface area (Å²) in [5.41, 5.74) is -1.02. The van der Waals surface area contributed by atoms with E-state index < -0.39 is 120 Å². The highest BCUT2D eigenvalue weighted by molar-refractivity contribution is 5.91. The second kappa shape index (κ2) is 18.2. The number of rotatable bonds is 13. The fourth-order valence-electron chi connectivity index (χ4n) is 6.51. The summed E-state index contributed by atoms with van der Waals surface area (Å²) in [4.78, 5) is 27.0. The summed E-state index contributed by atoms with van der Waals surface area (Å²) in [6.07, 6.45) is -16.1. The molecule has 2 fully saturated rings. The number of aromatic hydroxyl groups is 4. The lowest BCUT2D eigenvalue weighted by molar-refractivity contribution is -0.324. The van der Waals surface area contributed by atoms with Crippen molar-refractivity contribution < 1.29 is 98.2 Å². The van der Waals surface area contributed by atoms with Crippen molar-refractivity contribution in [1.29, 1.82) is 0 Å². The molecule has 21 nitrogen and oxygen atoms in total. The second-order valence-electron chi connectivity index (χ2n) is 13.5. The van der Waals surface area contributed by atoms with E-state index >= 15 is 0 Å². The van der Waals surface area contributed by atoms with Crippen LogP contribution in [-0.2, 0) is 23.7 Å². The Labute approximate surface area is 338 Å². The molecule has 4 aromatic rings. The zero-order valence-electron chi connectivity index (χ0n) is 31.8. The first-order chi connectivity index (χ1) is 28.6. The van der Waals surface area contributed by atoms with Crippen molar-refractivity contribution in [3.05, 3.63) is 64.3 Å². The molecule has 0 bridgehead atoms. The quantitative estimate of drug-likeness (QED) is 0.0603. The predicted molar refractivity (Wildman–Crippen MR) is 201 cm³/mol. The van der Waals surface area contributed by atoms with Crippen LogP contribution in [0, 0.1) is 0 Å². The zero-order chi connectivity index (χ0) is 43.6. The molecular weight excluding hydrogens is 804 g/mol. The molecule has 2 aliphatic heterocycles. The average molecular weight is 847 g/mol. The van der Waals surface area contributed by atoms with Crippen LogP contribution >= 0.6 is 0 Å². The van der Waals surface area contributed by atoms with Crippen molar-refractivity contribution >= 4 is 23.0 Å². The molecule has 324 valence electrons. The number of hydrogen-bond donors (Lipinski definition) is 10. The Kier molecular flexibility index (Phi) is 13.2. The van der Waals surface area contributed by atoms with Crippen molar-refractivity contribution in [3.63, 3.8) is 0 Å². The summed E-state index contributed by atoms with van der Waals surface area (Å²) in [6, 6.07) is 8.93. The first-order valence-corrected chi connectivity index (χ1v) is 17.9. The minimum absolute atomic E-state index is 0.0334. The van der Waals surface area contributed by atoms with Crippen LogP contribution in [0.15, 0.2) is 57.8 Å². The lowest BCUT2D eigenvalue weighted by Crippen LogP contribution is -2.62. The van der Waals surface area contributed by atoms with Gasteiger partial charge >= 0.3 is 5.97 Å². The zero-order valence-corrected chi connectivity index (χ0v) is 31.8. The van der Waals surface area contributed by atoms with Gasteiger partial charge in [-0.05, 0) is 42.0 Å². The summed E-state index contributed by atoms with van der Waals surface area (Å²) in [7, 11) is 3.69. The van der Waals surface area contributed by atoms with E-state index in [2.05, 4.69) is 0 Å². The number of carbonyl (C=O) groups is 1. The Morgan fingerprint density at radius 3 is 2.05 bits per heavy atom. The Hall–Kier alpha value is -5.88. The average Bonchev–Trinajstić information content (AvgIpc) is 3.23. The molecular formula is C39H42O21.